The largest absolute Gasteiger partial charge is 0.466 e. The van der Waals surface area contributed by atoms with Gasteiger partial charge in [0.05, 0.1) is 16.6 Å². The Morgan fingerprint density at radius 2 is 1.64 bits per heavy atom. The molecule has 2 aromatic rings. The number of halogens is 9. The third-order valence-corrected chi connectivity index (χ3v) is 2.90. The summed E-state index contributed by atoms with van der Waals surface area (Å²) in [6.07, 6.45) is -15.7. The number of hydrogen-bond acceptors (Lipinski definition) is 3. The molecule has 0 saturated carbocycles. The molecule has 0 radical (unpaired) electrons. The standard InChI is InChI=1S/C12H5F9N2O2/c13-9(14)10(15,12(19,20)21)25-8-7(24)22-6-3-4(11(16,17)18)1-2-5(6)23-8/h1-3,9H,(H,22,24). The first kappa shape index (κ1) is 18.9. The van der Waals surface area contributed by atoms with E-state index in [1.807, 2.05) is 0 Å². The molecule has 13 heteroatoms. The van der Waals surface area contributed by atoms with E-state index in [0.29, 0.717) is 18.2 Å². The van der Waals surface area contributed by atoms with E-state index in [1.165, 1.54) is 0 Å². The van der Waals surface area contributed by atoms with Crippen molar-refractivity contribution in [1.82, 2.24) is 9.97 Å². The lowest BCUT2D eigenvalue weighted by Gasteiger charge is -2.26. The Balaban J connectivity index is 2.54. The highest BCUT2D eigenvalue weighted by atomic mass is 19.4. The number of ether oxygens (including phenoxy) is 1. The highest BCUT2D eigenvalue weighted by Crippen LogP contribution is 2.39. The lowest BCUT2D eigenvalue weighted by atomic mass is 10.2. The lowest BCUT2D eigenvalue weighted by Crippen LogP contribution is -2.53. The molecule has 0 saturated heterocycles. The van der Waals surface area contributed by atoms with Crippen LogP contribution in [-0.4, -0.2) is 28.4 Å². The number of nitrogens with zero attached hydrogens (tertiary/aromatic N) is 1. The predicted octanol–water partition coefficient (Wildman–Crippen LogP) is 3.81. The fraction of sp³-hybridized carbons (Fsp3) is 0.333. The van der Waals surface area contributed by atoms with Gasteiger partial charge in [0.15, 0.2) is 0 Å². The molecule has 4 nitrogen and oxygen atoms in total. The number of H-pyrrole nitrogens is 1. The monoisotopic (exact) mass is 380 g/mol. The van der Waals surface area contributed by atoms with E-state index in [0.717, 1.165) is 0 Å². The van der Waals surface area contributed by atoms with Gasteiger partial charge in [0, 0.05) is 0 Å². The summed E-state index contributed by atoms with van der Waals surface area (Å²) in [5.74, 6) is -7.24. The quantitative estimate of drug-likeness (QED) is 0.824. The summed E-state index contributed by atoms with van der Waals surface area (Å²) in [4.78, 5) is 16.3. The molecule has 25 heavy (non-hydrogen) atoms. The lowest BCUT2D eigenvalue weighted by molar-refractivity contribution is -0.341. The van der Waals surface area contributed by atoms with Crippen LogP contribution in [0.2, 0.25) is 0 Å². The summed E-state index contributed by atoms with van der Waals surface area (Å²) >= 11 is 0. The van der Waals surface area contributed by atoms with Gasteiger partial charge in [0.1, 0.15) is 0 Å². The van der Waals surface area contributed by atoms with E-state index in [4.69, 9.17) is 0 Å². The van der Waals surface area contributed by atoms with Gasteiger partial charge in [-0.05, 0) is 18.2 Å². The van der Waals surface area contributed by atoms with Gasteiger partial charge in [0.2, 0.25) is 0 Å². The zero-order chi connectivity index (χ0) is 19.2. The summed E-state index contributed by atoms with van der Waals surface area (Å²) < 4.78 is 117. The van der Waals surface area contributed by atoms with Gasteiger partial charge >= 0.3 is 30.2 Å². The van der Waals surface area contributed by atoms with Crippen molar-refractivity contribution in [2.45, 2.75) is 24.6 Å². The van der Waals surface area contributed by atoms with Crippen LogP contribution < -0.4 is 10.3 Å². The highest BCUT2D eigenvalue weighted by molar-refractivity contribution is 5.75. The van der Waals surface area contributed by atoms with Crippen molar-refractivity contribution in [1.29, 1.82) is 0 Å². The number of nitrogens with one attached hydrogen (secondary N) is 1. The second-order valence-electron chi connectivity index (χ2n) is 4.65. The Kier molecular flexibility index (Phi) is 4.38. The number of alkyl halides is 9. The number of fused-ring (bicyclic) bond motifs is 1. The van der Waals surface area contributed by atoms with Crippen LogP contribution in [0.4, 0.5) is 39.5 Å². The van der Waals surface area contributed by atoms with Crippen LogP contribution >= 0.6 is 0 Å². The molecule has 2 rings (SSSR count). The molecule has 1 heterocycles. The van der Waals surface area contributed by atoms with Crippen molar-refractivity contribution in [3.8, 4) is 5.88 Å². The molecule has 1 N–H and O–H groups in total. The molecule has 0 aliphatic carbocycles. The van der Waals surface area contributed by atoms with E-state index in [9.17, 15) is 44.3 Å². The first-order valence-electron chi connectivity index (χ1n) is 6.10. The summed E-state index contributed by atoms with van der Waals surface area (Å²) in [5.41, 5.74) is -4.05. The van der Waals surface area contributed by atoms with Gasteiger partial charge in [0.25, 0.3) is 5.88 Å². The average molecular weight is 380 g/mol. The second-order valence-corrected chi connectivity index (χ2v) is 4.65. The Bertz CT molecular complexity index is 843. The van der Waals surface area contributed by atoms with E-state index in [2.05, 4.69) is 9.72 Å². The molecule has 1 atom stereocenters. The normalized spacial score (nSPS) is 15.4. The minimum absolute atomic E-state index is 0.410. The molecule has 0 aliphatic rings. The van der Waals surface area contributed by atoms with Gasteiger partial charge in [-0.3, -0.25) is 4.79 Å². The predicted molar refractivity (Wildman–Crippen MR) is 63.9 cm³/mol. The molecule has 1 aromatic carbocycles. The molecule has 138 valence electrons. The Hall–Kier alpha value is -2.47. The number of hydrogen-bond donors (Lipinski definition) is 1. The van der Waals surface area contributed by atoms with Crippen molar-refractivity contribution >= 4 is 11.0 Å². The van der Waals surface area contributed by atoms with Crippen molar-refractivity contribution in [3.05, 3.63) is 34.1 Å². The molecule has 0 aliphatic heterocycles. The van der Waals surface area contributed by atoms with Crippen LogP contribution in [0, 0.1) is 0 Å². The Morgan fingerprint density at radius 3 is 2.12 bits per heavy atom. The van der Waals surface area contributed by atoms with E-state index in [1.54, 1.807) is 4.98 Å². The van der Waals surface area contributed by atoms with Gasteiger partial charge in [-0.25, -0.2) is 13.8 Å². The van der Waals surface area contributed by atoms with Gasteiger partial charge < -0.3 is 9.72 Å². The number of benzene rings is 1. The van der Waals surface area contributed by atoms with E-state index in [-0.39, 0.29) is 0 Å². The Labute approximate surface area is 131 Å². The molecule has 0 bridgehead atoms. The first-order chi connectivity index (χ1) is 11.3. The maximum Gasteiger partial charge on any atom is 0.466 e. The zero-order valence-electron chi connectivity index (χ0n) is 11.5. The maximum atomic E-state index is 13.5. The van der Waals surface area contributed by atoms with Crippen LogP contribution in [0.25, 0.3) is 11.0 Å². The fourth-order valence-electron chi connectivity index (χ4n) is 1.68. The minimum Gasteiger partial charge on any atom is -0.424 e. The van der Waals surface area contributed by atoms with Crippen molar-refractivity contribution in [2.75, 3.05) is 0 Å². The number of aromatic nitrogens is 2. The van der Waals surface area contributed by atoms with E-state index < -0.39 is 52.7 Å². The summed E-state index contributed by atoms with van der Waals surface area (Å²) in [6, 6.07) is 1.51. The third-order valence-electron chi connectivity index (χ3n) is 2.90. The van der Waals surface area contributed by atoms with Crippen LogP contribution in [-0.2, 0) is 6.18 Å². The SMILES string of the molecule is O=c1[nH]c2cc(C(F)(F)F)ccc2nc1OC(F)(C(F)F)C(F)(F)F. The molecule has 0 fully saturated rings. The third kappa shape index (κ3) is 3.49. The van der Waals surface area contributed by atoms with Crippen LogP contribution in [0.5, 0.6) is 5.88 Å². The van der Waals surface area contributed by atoms with Crippen LogP contribution in [0.3, 0.4) is 0 Å². The molecule has 0 spiro atoms. The van der Waals surface area contributed by atoms with Crippen molar-refractivity contribution in [2.24, 2.45) is 0 Å². The molecule has 1 unspecified atom stereocenters. The number of rotatable bonds is 3. The summed E-state index contributed by atoms with van der Waals surface area (Å²) in [7, 11) is 0. The first-order valence-corrected chi connectivity index (χ1v) is 6.10. The average Bonchev–Trinajstić information content (AvgIpc) is 2.45. The van der Waals surface area contributed by atoms with E-state index >= 15 is 0 Å². The van der Waals surface area contributed by atoms with Crippen LogP contribution in [0.1, 0.15) is 5.56 Å². The molecule has 1 aromatic heterocycles. The van der Waals surface area contributed by atoms with Gasteiger partial charge in [-0.15, -0.1) is 0 Å². The maximum absolute atomic E-state index is 13.5. The van der Waals surface area contributed by atoms with Crippen LogP contribution in [0.15, 0.2) is 23.0 Å². The Morgan fingerprint density at radius 1 is 1.04 bits per heavy atom. The molecular weight excluding hydrogens is 375 g/mol. The fourth-order valence-corrected chi connectivity index (χ4v) is 1.68. The number of aromatic amines is 1. The zero-order valence-corrected chi connectivity index (χ0v) is 11.5. The van der Waals surface area contributed by atoms with Gasteiger partial charge in [-0.1, -0.05) is 0 Å². The summed E-state index contributed by atoms with van der Waals surface area (Å²) in [5, 5.41) is 0. The molecular formula is C12H5F9N2O2. The summed E-state index contributed by atoms with van der Waals surface area (Å²) in [6.45, 7) is 0. The topological polar surface area (TPSA) is 55.0 Å². The smallest absolute Gasteiger partial charge is 0.424 e. The second kappa shape index (κ2) is 5.81. The minimum atomic E-state index is -6.20. The highest BCUT2D eigenvalue weighted by Gasteiger charge is 2.66. The van der Waals surface area contributed by atoms with Crippen molar-refractivity contribution < 1.29 is 44.3 Å². The van der Waals surface area contributed by atoms with Crippen molar-refractivity contribution in [3.63, 3.8) is 0 Å². The molecule has 0 amide bonds. The van der Waals surface area contributed by atoms with Gasteiger partial charge in [-0.2, -0.15) is 30.7 Å².